The van der Waals surface area contributed by atoms with E-state index in [9.17, 15) is 9.59 Å². The van der Waals surface area contributed by atoms with Crippen LogP contribution in [0.5, 0.6) is 0 Å². The van der Waals surface area contributed by atoms with Crippen molar-refractivity contribution in [2.45, 2.75) is 149 Å². The minimum absolute atomic E-state index is 0.276. The summed E-state index contributed by atoms with van der Waals surface area (Å²) >= 11 is 0. The van der Waals surface area contributed by atoms with E-state index < -0.39 is 24.2 Å². The lowest BCUT2D eigenvalue weighted by Gasteiger charge is -2.00. The van der Waals surface area contributed by atoms with Gasteiger partial charge >= 0.3 is 24.2 Å². The molecule has 10 heteroatoms. The summed E-state index contributed by atoms with van der Waals surface area (Å²) in [6.07, 6.45) is 20.8. The highest BCUT2D eigenvalue weighted by atomic mass is 16.6. The molecule has 0 saturated heterocycles. The molecule has 0 atom stereocenters. The third kappa shape index (κ3) is 79.1. The van der Waals surface area contributed by atoms with Gasteiger partial charge in [-0.2, -0.15) is 0 Å². The molecule has 0 fully saturated rings. The maximum Gasteiger partial charge on any atom is 0.503 e. The highest BCUT2D eigenvalue weighted by molar-refractivity contribution is 5.66. The molecule has 0 bridgehead atoms. The van der Waals surface area contributed by atoms with Gasteiger partial charge in [-0.15, -0.1) is 0 Å². The van der Waals surface area contributed by atoms with Gasteiger partial charge in [0.25, 0.3) is 0 Å². The van der Waals surface area contributed by atoms with E-state index in [2.05, 4.69) is 13.8 Å². The molecule has 0 amide bonds. The molecule has 0 aromatic heterocycles. The number of rotatable bonds is 21. The van der Waals surface area contributed by atoms with E-state index >= 15 is 0 Å². The van der Waals surface area contributed by atoms with E-state index in [-0.39, 0.29) is 12.8 Å². The topological polar surface area (TPSA) is 190 Å². The van der Waals surface area contributed by atoms with Crippen LogP contribution >= 0.6 is 0 Å². The molecule has 0 spiro atoms. The Kier molecular flexibility index (Phi) is 42.7. The molecule has 10 nitrogen and oxygen atoms in total. The maximum atomic E-state index is 10.2. The fourth-order valence-electron chi connectivity index (χ4n) is 3.35. The van der Waals surface area contributed by atoms with Crippen LogP contribution in [0.3, 0.4) is 0 Å². The average molecular weight is 539 g/mol. The molecule has 0 aliphatic carbocycles. The lowest BCUT2D eigenvalue weighted by atomic mass is 10.1. The maximum absolute atomic E-state index is 10.2. The fraction of sp³-hybridized carbons (Fsp3) is 0.852. The third-order valence-corrected chi connectivity index (χ3v) is 5.24. The normalized spacial score (nSPS) is 9.46. The van der Waals surface area contributed by atoms with Crippen molar-refractivity contribution in [2.75, 3.05) is 0 Å². The Morgan fingerprint density at radius 3 is 0.676 bits per heavy atom. The summed E-state index contributed by atoms with van der Waals surface area (Å²) in [6, 6.07) is 0. The number of carboxylic acids is 2. The van der Waals surface area contributed by atoms with Gasteiger partial charge in [0.05, 0.1) is 0 Å². The smallest absolute Gasteiger partial charge is 0.481 e. The first-order valence-electron chi connectivity index (χ1n) is 13.8. The summed E-state index contributed by atoms with van der Waals surface area (Å²) in [5.41, 5.74) is 0. The summed E-state index contributed by atoms with van der Waals surface area (Å²) in [7, 11) is 0. The molecule has 0 heterocycles. The van der Waals surface area contributed by atoms with Crippen LogP contribution in [0.25, 0.3) is 0 Å². The van der Waals surface area contributed by atoms with Gasteiger partial charge in [0.2, 0.25) is 0 Å². The van der Waals surface area contributed by atoms with E-state index in [0.29, 0.717) is 0 Å². The Morgan fingerprint density at radius 1 is 0.351 bits per heavy atom. The van der Waals surface area contributed by atoms with Crippen molar-refractivity contribution in [2.24, 2.45) is 0 Å². The second-order valence-electron chi connectivity index (χ2n) is 8.86. The molecule has 6 N–H and O–H groups in total. The first-order valence-corrected chi connectivity index (χ1v) is 13.8. The summed E-state index contributed by atoms with van der Waals surface area (Å²) in [5, 5.41) is 44.7. The number of hydrogen-bond donors (Lipinski definition) is 6. The quantitative estimate of drug-likeness (QED) is 0.0769. The zero-order valence-corrected chi connectivity index (χ0v) is 23.2. The van der Waals surface area contributed by atoms with Gasteiger partial charge in [0, 0.05) is 12.8 Å². The zero-order chi connectivity index (χ0) is 29.2. The lowest BCUT2D eigenvalue weighted by molar-refractivity contribution is -0.138. The van der Waals surface area contributed by atoms with E-state index in [4.69, 9.17) is 40.2 Å². The standard InChI is InChI=1S/C13H28.C12H22O4.2CH2O3/c1-3-5-7-9-11-13-12-10-8-6-4-2;13-11(14)9-7-5-3-1-2-4-6-8-10-12(15)16;2*2-1(3)4/h3-13H2,1-2H3;1-10H2,(H,13,14)(H,15,16);2*(H2,2,3,4). The highest BCUT2D eigenvalue weighted by Gasteiger charge is 1.98. The van der Waals surface area contributed by atoms with Crippen LogP contribution in [0.1, 0.15) is 149 Å². The van der Waals surface area contributed by atoms with Crippen LogP contribution in [0.2, 0.25) is 0 Å². The van der Waals surface area contributed by atoms with E-state index in [1.807, 2.05) is 0 Å². The van der Waals surface area contributed by atoms with Crippen molar-refractivity contribution in [1.29, 1.82) is 0 Å². The molecule has 0 aliphatic rings. The van der Waals surface area contributed by atoms with Gasteiger partial charge in [0.15, 0.2) is 0 Å². The molecule has 222 valence electrons. The van der Waals surface area contributed by atoms with Crippen LogP contribution in [-0.2, 0) is 9.59 Å². The molecule has 0 aromatic carbocycles. The molecular weight excluding hydrogens is 484 g/mol. The van der Waals surface area contributed by atoms with Crippen LogP contribution in [0.15, 0.2) is 0 Å². The van der Waals surface area contributed by atoms with E-state index in [1.165, 1.54) is 70.6 Å². The molecule has 0 radical (unpaired) electrons. The van der Waals surface area contributed by atoms with Crippen LogP contribution in [-0.4, -0.2) is 54.9 Å². The largest absolute Gasteiger partial charge is 0.503 e. The Hall–Kier alpha value is -2.52. The molecular formula is C27H54O10. The number of unbranched alkanes of at least 4 members (excludes halogenated alkanes) is 17. The minimum Gasteiger partial charge on any atom is -0.481 e. The fourth-order valence-corrected chi connectivity index (χ4v) is 3.35. The summed E-state index contributed by atoms with van der Waals surface area (Å²) in [5.74, 6) is -1.43. The van der Waals surface area contributed by atoms with Gasteiger partial charge in [-0.1, -0.05) is 123 Å². The van der Waals surface area contributed by atoms with E-state index in [1.54, 1.807) is 0 Å². The van der Waals surface area contributed by atoms with Crippen molar-refractivity contribution in [1.82, 2.24) is 0 Å². The average Bonchev–Trinajstić information content (AvgIpc) is 2.78. The van der Waals surface area contributed by atoms with Crippen molar-refractivity contribution in [3.8, 4) is 0 Å². The molecule has 0 rings (SSSR count). The second kappa shape index (κ2) is 38.0. The van der Waals surface area contributed by atoms with Crippen molar-refractivity contribution in [3.05, 3.63) is 0 Å². The van der Waals surface area contributed by atoms with Crippen LogP contribution < -0.4 is 0 Å². The van der Waals surface area contributed by atoms with Gasteiger partial charge in [-0.25, -0.2) is 9.59 Å². The third-order valence-electron chi connectivity index (χ3n) is 5.24. The first-order chi connectivity index (χ1) is 17.5. The minimum atomic E-state index is -1.83. The van der Waals surface area contributed by atoms with Gasteiger partial charge in [-0.05, 0) is 12.8 Å². The number of hydrogen-bond acceptors (Lipinski definition) is 4. The van der Waals surface area contributed by atoms with Gasteiger partial charge in [0.1, 0.15) is 0 Å². The summed E-state index contributed by atoms with van der Waals surface area (Å²) in [6.45, 7) is 4.56. The monoisotopic (exact) mass is 538 g/mol. The van der Waals surface area contributed by atoms with Crippen LogP contribution in [0.4, 0.5) is 9.59 Å². The number of carboxylic acid groups (broad SMARTS) is 6. The molecule has 37 heavy (non-hydrogen) atoms. The van der Waals surface area contributed by atoms with Crippen molar-refractivity contribution < 1.29 is 49.8 Å². The number of carbonyl (C=O) groups is 4. The first kappa shape index (κ1) is 41.6. The predicted molar refractivity (Wildman–Crippen MR) is 145 cm³/mol. The van der Waals surface area contributed by atoms with Gasteiger partial charge in [-0.3, -0.25) is 9.59 Å². The highest BCUT2D eigenvalue weighted by Crippen LogP contribution is 2.11. The van der Waals surface area contributed by atoms with Crippen LogP contribution in [0, 0.1) is 0 Å². The van der Waals surface area contributed by atoms with Gasteiger partial charge < -0.3 is 30.6 Å². The Labute approximate surface area is 223 Å². The Bertz CT molecular complexity index is 457. The van der Waals surface area contributed by atoms with E-state index in [0.717, 1.165) is 51.4 Å². The Balaban J connectivity index is -0.000000230. The summed E-state index contributed by atoms with van der Waals surface area (Å²) < 4.78 is 0. The lowest BCUT2D eigenvalue weighted by Crippen LogP contribution is -1.94. The molecule has 0 aromatic rings. The summed E-state index contributed by atoms with van der Waals surface area (Å²) in [4.78, 5) is 37.5. The Morgan fingerprint density at radius 2 is 0.514 bits per heavy atom. The zero-order valence-electron chi connectivity index (χ0n) is 23.2. The van der Waals surface area contributed by atoms with Crippen molar-refractivity contribution in [3.63, 3.8) is 0 Å². The van der Waals surface area contributed by atoms with Crippen molar-refractivity contribution >= 4 is 24.2 Å². The molecule has 0 aliphatic heterocycles. The SMILES string of the molecule is CCCCCCCCCCCCC.O=C(O)CCCCCCCCCCC(=O)O.O=C(O)O.O=C(O)O. The predicted octanol–water partition coefficient (Wildman–Crippen LogP) is 8.82. The number of aliphatic carboxylic acids is 2. The second-order valence-corrected chi connectivity index (χ2v) is 8.86. The molecule has 0 unspecified atom stereocenters. The molecule has 0 saturated carbocycles.